The van der Waals surface area contributed by atoms with E-state index in [-0.39, 0.29) is 5.41 Å². The lowest BCUT2D eigenvalue weighted by atomic mass is 9.86. The van der Waals surface area contributed by atoms with E-state index in [1.54, 1.807) is 0 Å². The van der Waals surface area contributed by atoms with Crippen molar-refractivity contribution in [3.63, 3.8) is 0 Å². The number of morpholine rings is 1. The second kappa shape index (κ2) is 8.52. The summed E-state index contributed by atoms with van der Waals surface area (Å²) in [6, 6.07) is 19.4. The third-order valence-corrected chi connectivity index (χ3v) is 5.61. The second-order valence-electron chi connectivity index (χ2n) is 8.78. The summed E-state index contributed by atoms with van der Waals surface area (Å²) in [4.78, 5) is 7.38. The molecule has 1 fully saturated rings. The molecule has 2 heterocycles. The van der Waals surface area contributed by atoms with Crippen molar-refractivity contribution in [2.75, 3.05) is 44.7 Å². The van der Waals surface area contributed by atoms with Crippen molar-refractivity contribution in [2.24, 2.45) is 0 Å². The van der Waals surface area contributed by atoms with Gasteiger partial charge in [-0.1, -0.05) is 63.2 Å². The van der Waals surface area contributed by atoms with Crippen LogP contribution in [0.15, 0.2) is 54.6 Å². The molecule has 2 aromatic carbocycles. The molecule has 0 amide bonds. The third kappa shape index (κ3) is 4.77. The lowest BCUT2D eigenvalue weighted by molar-refractivity contribution is 0.0398. The molecule has 3 aromatic rings. The van der Waals surface area contributed by atoms with Crippen LogP contribution in [0.2, 0.25) is 0 Å². The van der Waals surface area contributed by atoms with Gasteiger partial charge in [-0.05, 0) is 23.1 Å². The van der Waals surface area contributed by atoms with Crippen LogP contribution in [0.25, 0.3) is 22.2 Å². The van der Waals surface area contributed by atoms with Crippen LogP contribution >= 0.6 is 0 Å². The number of fused-ring (bicyclic) bond motifs is 1. The van der Waals surface area contributed by atoms with Gasteiger partial charge < -0.3 is 10.1 Å². The maximum Gasteiger partial charge on any atom is 0.0730 e. The number of hydrogen-bond donors (Lipinski definition) is 1. The van der Waals surface area contributed by atoms with Crippen LogP contribution in [0.5, 0.6) is 0 Å². The Morgan fingerprint density at radius 2 is 1.72 bits per heavy atom. The van der Waals surface area contributed by atoms with Crippen molar-refractivity contribution < 1.29 is 4.74 Å². The Balaban J connectivity index is 1.58. The van der Waals surface area contributed by atoms with Crippen LogP contribution in [0.3, 0.4) is 0 Å². The van der Waals surface area contributed by atoms with E-state index in [1.807, 2.05) is 0 Å². The molecule has 29 heavy (non-hydrogen) atoms. The van der Waals surface area contributed by atoms with Gasteiger partial charge in [0.15, 0.2) is 0 Å². The number of anilines is 1. The van der Waals surface area contributed by atoms with Gasteiger partial charge in [-0.3, -0.25) is 4.90 Å². The highest BCUT2D eigenvalue weighted by molar-refractivity contribution is 5.93. The monoisotopic (exact) mass is 389 g/mol. The second-order valence-corrected chi connectivity index (χ2v) is 8.78. The molecule has 1 saturated heterocycles. The van der Waals surface area contributed by atoms with Gasteiger partial charge in [0.05, 0.1) is 24.4 Å². The first-order valence-electron chi connectivity index (χ1n) is 10.6. The molecule has 4 rings (SSSR count). The number of rotatable bonds is 5. The van der Waals surface area contributed by atoms with E-state index in [4.69, 9.17) is 9.72 Å². The fourth-order valence-corrected chi connectivity index (χ4v) is 3.78. The van der Waals surface area contributed by atoms with Gasteiger partial charge in [-0.2, -0.15) is 0 Å². The van der Waals surface area contributed by atoms with Gasteiger partial charge in [0, 0.05) is 42.8 Å². The fraction of sp³-hybridized carbons (Fsp3) is 0.400. The standard InChI is InChI=1S/C25H31N3O/c1-25(2,3)20-10-8-19(9-11-20)23-18-24(21-6-4-5-7-22(21)27-23)26-12-13-28-14-16-29-17-15-28/h4-11,18H,12-17H2,1-3H3,(H,26,27). The Kier molecular flexibility index (Phi) is 5.84. The Morgan fingerprint density at radius 3 is 2.45 bits per heavy atom. The molecule has 0 saturated carbocycles. The quantitative estimate of drug-likeness (QED) is 0.670. The topological polar surface area (TPSA) is 37.4 Å². The van der Waals surface area contributed by atoms with Crippen LogP contribution < -0.4 is 5.32 Å². The van der Waals surface area contributed by atoms with Crippen molar-refractivity contribution in [3.8, 4) is 11.3 Å². The molecule has 1 N–H and O–H groups in total. The lowest BCUT2D eigenvalue weighted by Crippen LogP contribution is -2.39. The molecule has 4 nitrogen and oxygen atoms in total. The number of aromatic nitrogens is 1. The van der Waals surface area contributed by atoms with Crippen molar-refractivity contribution in [3.05, 3.63) is 60.2 Å². The maximum absolute atomic E-state index is 5.45. The van der Waals surface area contributed by atoms with Crippen molar-refractivity contribution >= 4 is 16.6 Å². The highest BCUT2D eigenvalue weighted by Gasteiger charge is 2.14. The van der Waals surface area contributed by atoms with E-state index in [1.165, 1.54) is 10.9 Å². The highest BCUT2D eigenvalue weighted by Crippen LogP contribution is 2.30. The molecule has 152 valence electrons. The van der Waals surface area contributed by atoms with E-state index in [0.717, 1.165) is 61.9 Å². The first-order chi connectivity index (χ1) is 14.0. The lowest BCUT2D eigenvalue weighted by Gasteiger charge is -2.26. The molecule has 1 aromatic heterocycles. The molecule has 0 radical (unpaired) electrons. The van der Waals surface area contributed by atoms with E-state index in [2.05, 4.69) is 85.6 Å². The summed E-state index contributed by atoms with van der Waals surface area (Å²) < 4.78 is 5.45. The summed E-state index contributed by atoms with van der Waals surface area (Å²) in [6.45, 7) is 12.4. The van der Waals surface area contributed by atoms with Gasteiger partial charge in [-0.25, -0.2) is 4.98 Å². The van der Waals surface area contributed by atoms with Crippen LogP contribution in [0.1, 0.15) is 26.3 Å². The van der Waals surface area contributed by atoms with E-state index in [9.17, 15) is 0 Å². The Hall–Kier alpha value is -2.43. The molecule has 0 atom stereocenters. The highest BCUT2D eigenvalue weighted by atomic mass is 16.5. The molecule has 1 aliphatic rings. The van der Waals surface area contributed by atoms with Crippen LogP contribution in [-0.4, -0.2) is 49.3 Å². The van der Waals surface area contributed by atoms with Crippen molar-refractivity contribution in [1.29, 1.82) is 0 Å². The number of ether oxygens (including phenoxy) is 1. The normalized spacial score (nSPS) is 15.6. The zero-order chi connectivity index (χ0) is 20.3. The Labute approximate surface area is 173 Å². The summed E-state index contributed by atoms with van der Waals surface area (Å²) in [7, 11) is 0. The van der Waals surface area contributed by atoms with E-state index >= 15 is 0 Å². The molecular formula is C25H31N3O. The molecule has 0 unspecified atom stereocenters. The summed E-state index contributed by atoms with van der Waals surface area (Å²) >= 11 is 0. The first kappa shape index (κ1) is 19.9. The smallest absolute Gasteiger partial charge is 0.0730 e. The Morgan fingerprint density at radius 1 is 1.00 bits per heavy atom. The summed E-state index contributed by atoms with van der Waals surface area (Å²) in [5, 5.41) is 4.83. The molecule has 4 heteroatoms. The number of nitrogens with one attached hydrogen (secondary N) is 1. The number of benzene rings is 2. The zero-order valence-corrected chi connectivity index (χ0v) is 17.7. The summed E-state index contributed by atoms with van der Waals surface area (Å²) in [5.41, 5.74) is 5.84. The summed E-state index contributed by atoms with van der Waals surface area (Å²) in [6.07, 6.45) is 0. The molecule has 1 aliphatic heterocycles. The average molecular weight is 390 g/mol. The third-order valence-electron chi connectivity index (χ3n) is 5.61. The SMILES string of the molecule is CC(C)(C)c1ccc(-c2cc(NCCN3CCOCC3)c3ccccc3n2)cc1. The number of hydrogen-bond acceptors (Lipinski definition) is 4. The van der Waals surface area contributed by atoms with Crippen molar-refractivity contribution in [2.45, 2.75) is 26.2 Å². The van der Waals surface area contributed by atoms with Gasteiger partial charge >= 0.3 is 0 Å². The fourth-order valence-electron chi connectivity index (χ4n) is 3.78. The van der Waals surface area contributed by atoms with Gasteiger partial charge in [0.2, 0.25) is 0 Å². The number of para-hydroxylation sites is 1. The van der Waals surface area contributed by atoms with E-state index < -0.39 is 0 Å². The summed E-state index contributed by atoms with van der Waals surface area (Å²) in [5.74, 6) is 0. The largest absolute Gasteiger partial charge is 0.383 e. The predicted molar refractivity (Wildman–Crippen MR) is 122 cm³/mol. The van der Waals surface area contributed by atoms with Gasteiger partial charge in [0.1, 0.15) is 0 Å². The van der Waals surface area contributed by atoms with Crippen LogP contribution in [0.4, 0.5) is 5.69 Å². The van der Waals surface area contributed by atoms with Crippen LogP contribution in [0, 0.1) is 0 Å². The van der Waals surface area contributed by atoms with Crippen molar-refractivity contribution in [1.82, 2.24) is 9.88 Å². The van der Waals surface area contributed by atoms with Gasteiger partial charge in [0.25, 0.3) is 0 Å². The molecular weight excluding hydrogens is 358 g/mol. The van der Waals surface area contributed by atoms with E-state index in [0.29, 0.717) is 0 Å². The molecule has 0 aliphatic carbocycles. The minimum absolute atomic E-state index is 0.154. The number of pyridine rings is 1. The maximum atomic E-state index is 5.45. The first-order valence-corrected chi connectivity index (χ1v) is 10.6. The molecule has 0 spiro atoms. The minimum atomic E-state index is 0.154. The molecule has 0 bridgehead atoms. The predicted octanol–water partition coefficient (Wildman–Crippen LogP) is 4.94. The average Bonchev–Trinajstić information content (AvgIpc) is 2.74. The Bertz CT molecular complexity index is 954. The zero-order valence-electron chi connectivity index (χ0n) is 17.7. The van der Waals surface area contributed by atoms with Gasteiger partial charge in [-0.15, -0.1) is 0 Å². The van der Waals surface area contributed by atoms with Crippen LogP contribution in [-0.2, 0) is 10.2 Å². The number of nitrogens with zero attached hydrogens (tertiary/aromatic N) is 2. The minimum Gasteiger partial charge on any atom is -0.383 e.